The fourth-order valence-electron chi connectivity index (χ4n) is 1.66. The second kappa shape index (κ2) is 8.30. The lowest BCUT2D eigenvalue weighted by Crippen LogP contribution is -2.16. The van der Waals surface area contributed by atoms with Crippen molar-refractivity contribution in [2.24, 2.45) is 0 Å². The Morgan fingerprint density at radius 3 is 2.53 bits per heavy atom. The van der Waals surface area contributed by atoms with Crippen LogP contribution in [0.3, 0.4) is 0 Å². The Morgan fingerprint density at radius 2 is 1.95 bits per heavy atom. The van der Waals surface area contributed by atoms with E-state index in [-0.39, 0.29) is 5.91 Å². The minimum Gasteiger partial charge on any atom is -0.322 e. The highest BCUT2D eigenvalue weighted by molar-refractivity contribution is 5.74. The van der Waals surface area contributed by atoms with E-state index in [0.717, 1.165) is 12.8 Å². The minimum atomic E-state index is 0.0470. The van der Waals surface area contributed by atoms with E-state index in [1.54, 1.807) is 18.9 Å². The molecule has 102 valence electrons. The predicted molar refractivity (Wildman–Crippen MR) is 81.5 cm³/mol. The summed E-state index contributed by atoms with van der Waals surface area (Å²) in [5, 5.41) is 0. The van der Waals surface area contributed by atoms with Crippen molar-refractivity contribution < 1.29 is 4.79 Å². The molecule has 1 amide bonds. The van der Waals surface area contributed by atoms with Crippen molar-refractivity contribution in [2.75, 3.05) is 7.05 Å². The summed E-state index contributed by atoms with van der Waals surface area (Å²) in [5.74, 6) is 0.0470. The number of hydrogen-bond acceptors (Lipinski definition) is 1. The maximum Gasteiger partial charge on any atom is 0.223 e. The summed E-state index contributed by atoms with van der Waals surface area (Å²) >= 11 is 0. The molecule has 19 heavy (non-hydrogen) atoms. The van der Waals surface area contributed by atoms with Crippen LogP contribution in [0.4, 0.5) is 0 Å². The number of amides is 1. The lowest BCUT2D eigenvalue weighted by Gasteiger charge is -2.09. The molecule has 0 aliphatic heterocycles. The zero-order valence-corrected chi connectivity index (χ0v) is 12.1. The van der Waals surface area contributed by atoms with Gasteiger partial charge in [-0.15, -0.1) is 0 Å². The largest absolute Gasteiger partial charge is 0.322 e. The molecule has 0 aliphatic carbocycles. The number of carbonyl (C=O) groups is 1. The summed E-state index contributed by atoms with van der Waals surface area (Å²) in [5.41, 5.74) is 2.45. The van der Waals surface area contributed by atoms with Crippen LogP contribution < -0.4 is 0 Å². The standard InChI is InChI=1S/C17H23NO/c1-4-5-9-17(12-13-18(3)15(2)19)14-16-10-7-6-8-11-16/h6-8,10-14H,4-5,9H2,1-3H3/b13-12+,17-14+. The van der Waals surface area contributed by atoms with Crippen LogP contribution in [0.15, 0.2) is 48.2 Å². The molecule has 0 radical (unpaired) electrons. The van der Waals surface area contributed by atoms with Gasteiger partial charge >= 0.3 is 0 Å². The van der Waals surface area contributed by atoms with Crippen molar-refractivity contribution in [3.8, 4) is 0 Å². The Hall–Kier alpha value is -1.83. The number of unbranched alkanes of at least 4 members (excludes halogenated alkanes) is 1. The third-order valence-electron chi connectivity index (χ3n) is 2.98. The number of nitrogens with zero attached hydrogens (tertiary/aromatic N) is 1. The molecule has 0 bridgehead atoms. The van der Waals surface area contributed by atoms with Crippen LogP contribution in [0.2, 0.25) is 0 Å². The number of allylic oxidation sites excluding steroid dienone is 2. The van der Waals surface area contributed by atoms with Crippen LogP contribution in [0.25, 0.3) is 6.08 Å². The highest BCUT2D eigenvalue weighted by Gasteiger charge is 1.98. The van der Waals surface area contributed by atoms with E-state index < -0.39 is 0 Å². The lowest BCUT2D eigenvalue weighted by molar-refractivity contribution is -0.125. The summed E-state index contributed by atoms with van der Waals surface area (Å²) in [6.45, 7) is 3.75. The summed E-state index contributed by atoms with van der Waals surface area (Å²) in [7, 11) is 1.78. The van der Waals surface area contributed by atoms with Crippen LogP contribution in [0.1, 0.15) is 38.7 Å². The minimum absolute atomic E-state index is 0.0470. The molecule has 0 aliphatic rings. The molecule has 0 spiro atoms. The van der Waals surface area contributed by atoms with E-state index in [2.05, 4.69) is 25.1 Å². The van der Waals surface area contributed by atoms with Crippen LogP contribution in [0.5, 0.6) is 0 Å². The SMILES string of the molecule is CCCCC(/C=C/N(C)C(C)=O)=C\c1ccccc1. The maximum absolute atomic E-state index is 11.2. The van der Waals surface area contributed by atoms with Crippen LogP contribution in [-0.2, 0) is 4.79 Å². The molecule has 0 atom stereocenters. The number of carbonyl (C=O) groups excluding carboxylic acids is 1. The van der Waals surface area contributed by atoms with Gasteiger partial charge in [0.2, 0.25) is 5.91 Å². The van der Waals surface area contributed by atoms with Crippen molar-refractivity contribution in [1.29, 1.82) is 0 Å². The van der Waals surface area contributed by atoms with Crippen LogP contribution in [0, 0.1) is 0 Å². The number of benzene rings is 1. The van der Waals surface area contributed by atoms with E-state index in [1.165, 1.54) is 17.6 Å². The van der Waals surface area contributed by atoms with E-state index in [1.807, 2.05) is 30.5 Å². The summed E-state index contributed by atoms with van der Waals surface area (Å²) in [6.07, 6.45) is 9.42. The predicted octanol–water partition coefficient (Wildman–Crippen LogP) is 4.25. The average Bonchev–Trinajstić information content (AvgIpc) is 2.42. The molecule has 0 N–H and O–H groups in total. The molecule has 0 heterocycles. The van der Waals surface area contributed by atoms with Crippen molar-refractivity contribution in [3.05, 3.63) is 53.7 Å². The first-order chi connectivity index (χ1) is 9.13. The van der Waals surface area contributed by atoms with E-state index in [4.69, 9.17) is 0 Å². The van der Waals surface area contributed by atoms with Gasteiger partial charge in [-0.05, 0) is 30.1 Å². The van der Waals surface area contributed by atoms with Gasteiger partial charge in [-0.2, -0.15) is 0 Å². The molecule has 0 aromatic heterocycles. The molecular formula is C17H23NO. The van der Waals surface area contributed by atoms with Gasteiger partial charge in [0.05, 0.1) is 0 Å². The second-order valence-electron chi connectivity index (χ2n) is 4.68. The fourth-order valence-corrected chi connectivity index (χ4v) is 1.66. The van der Waals surface area contributed by atoms with Crippen molar-refractivity contribution in [3.63, 3.8) is 0 Å². The molecule has 0 saturated heterocycles. The smallest absolute Gasteiger partial charge is 0.223 e. The quantitative estimate of drug-likeness (QED) is 0.698. The van der Waals surface area contributed by atoms with Gasteiger partial charge in [0, 0.05) is 20.2 Å². The first-order valence-electron chi connectivity index (χ1n) is 6.80. The zero-order valence-electron chi connectivity index (χ0n) is 12.1. The van der Waals surface area contributed by atoms with Gasteiger partial charge in [-0.25, -0.2) is 0 Å². The van der Waals surface area contributed by atoms with Gasteiger partial charge < -0.3 is 4.90 Å². The molecule has 0 unspecified atom stereocenters. The molecule has 1 aromatic carbocycles. The normalized spacial score (nSPS) is 11.8. The number of rotatable bonds is 6. The van der Waals surface area contributed by atoms with Crippen molar-refractivity contribution in [2.45, 2.75) is 33.1 Å². The second-order valence-corrected chi connectivity index (χ2v) is 4.68. The number of hydrogen-bond donors (Lipinski definition) is 0. The van der Waals surface area contributed by atoms with Crippen LogP contribution >= 0.6 is 0 Å². The lowest BCUT2D eigenvalue weighted by atomic mass is 10.1. The molecule has 1 rings (SSSR count). The third-order valence-corrected chi connectivity index (χ3v) is 2.98. The summed E-state index contributed by atoms with van der Waals surface area (Å²) in [4.78, 5) is 12.8. The zero-order chi connectivity index (χ0) is 14.1. The molecule has 0 saturated carbocycles. The van der Waals surface area contributed by atoms with Crippen molar-refractivity contribution in [1.82, 2.24) is 4.90 Å². The first kappa shape index (κ1) is 15.2. The first-order valence-corrected chi connectivity index (χ1v) is 6.80. The highest BCUT2D eigenvalue weighted by Crippen LogP contribution is 2.14. The molecule has 1 aromatic rings. The fraction of sp³-hybridized carbons (Fsp3) is 0.353. The molecule has 0 fully saturated rings. The van der Waals surface area contributed by atoms with Gasteiger partial charge in [-0.1, -0.05) is 49.8 Å². The summed E-state index contributed by atoms with van der Waals surface area (Å²) < 4.78 is 0. The maximum atomic E-state index is 11.2. The van der Waals surface area contributed by atoms with Crippen LogP contribution in [-0.4, -0.2) is 17.9 Å². The van der Waals surface area contributed by atoms with E-state index >= 15 is 0 Å². The topological polar surface area (TPSA) is 20.3 Å². The highest BCUT2D eigenvalue weighted by atomic mass is 16.2. The molecule has 2 nitrogen and oxygen atoms in total. The molecule has 2 heteroatoms. The van der Waals surface area contributed by atoms with Gasteiger partial charge in [-0.3, -0.25) is 4.79 Å². The Bertz CT molecular complexity index is 446. The molecular weight excluding hydrogens is 234 g/mol. The van der Waals surface area contributed by atoms with E-state index in [0.29, 0.717) is 0 Å². The monoisotopic (exact) mass is 257 g/mol. The van der Waals surface area contributed by atoms with E-state index in [9.17, 15) is 4.79 Å². The average molecular weight is 257 g/mol. The summed E-state index contributed by atoms with van der Waals surface area (Å²) in [6, 6.07) is 10.3. The Kier molecular flexibility index (Phi) is 6.65. The third kappa shape index (κ3) is 6.05. The van der Waals surface area contributed by atoms with Gasteiger partial charge in [0.1, 0.15) is 0 Å². The van der Waals surface area contributed by atoms with Gasteiger partial charge in [0.15, 0.2) is 0 Å². The van der Waals surface area contributed by atoms with Gasteiger partial charge in [0.25, 0.3) is 0 Å². The Morgan fingerprint density at radius 1 is 1.26 bits per heavy atom. The van der Waals surface area contributed by atoms with Crippen molar-refractivity contribution >= 4 is 12.0 Å². The Balaban J connectivity index is 2.83. The Labute approximate surface area is 116 Å².